The Morgan fingerprint density at radius 2 is 2.20 bits per heavy atom. The van der Waals surface area contributed by atoms with E-state index in [0.717, 1.165) is 19.5 Å². The Hall–Kier alpha value is -0.650. The third-order valence-electron chi connectivity index (χ3n) is 4.53. The average molecular weight is 284 g/mol. The van der Waals surface area contributed by atoms with Crippen LogP contribution in [0.3, 0.4) is 0 Å². The molecule has 2 fully saturated rings. The lowest BCUT2D eigenvalue weighted by Gasteiger charge is -2.44. The second-order valence-corrected chi connectivity index (χ2v) is 6.93. The molecule has 0 spiro atoms. The van der Waals surface area contributed by atoms with Gasteiger partial charge in [-0.05, 0) is 46.6 Å². The summed E-state index contributed by atoms with van der Waals surface area (Å²) in [6.45, 7) is 10.8. The molecule has 5 heteroatoms. The molecule has 1 heterocycles. The number of nitrogens with zero attached hydrogens (tertiary/aromatic N) is 1. The molecule has 0 aromatic carbocycles. The van der Waals surface area contributed by atoms with Crippen LogP contribution in [0.5, 0.6) is 0 Å². The summed E-state index contributed by atoms with van der Waals surface area (Å²) in [5, 5.41) is 12.8. The van der Waals surface area contributed by atoms with Gasteiger partial charge in [0.15, 0.2) is 0 Å². The Labute approximate surface area is 121 Å². The van der Waals surface area contributed by atoms with E-state index in [4.69, 9.17) is 4.74 Å². The highest BCUT2D eigenvalue weighted by Gasteiger charge is 2.48. The summed E-state index contributed by atoms with van der Waals surface area (Å²) in [4.78, 5) is 14.1. The first kappa shape index (κ1) is 15.7. The summed E-state index contributed by atoms with van der Waals surface area (Å²) in [5.74, 6) is -0.706. The predicted molar refractivity (Wildman–Crippen MR) is 77.9 cm³/mol. The number of likely N-dealkylation sites (N-methyl/N-ethyl adjacent to an activating group) is 1. The molecule has 3 atom stereocenters. The van der Waals surface area contributed by atoms with Gasteiger partial charge in [0.2, 0.25) is 0 Å². The fourth-order valence-electron chi connectivity index (χ4n) is 3.88. The molecule has 1 aliphatic heterocycles. The molecular weight excluding hydrogens is 256 g/mol. The Morgan fingerprint density at radius 1 is 1.50 bits per heavy atom. The van der Waals surface area contributed by atoms with E-state index in [9.17, 15) is 9.90 Å². The number of nitrogens with one attached hydrogen (secondary N) is 1. The normalized spacial score (nSPS) is 38.0. The molecule has 0 aromatic rings. The number of carboxylic acids is 1. The lowest BCUT2D eigenvalue weighted by Crippen LogP contribution is -2.56. The van der Waals surface area contributed by atoms with Gasteiger partial charge in [-0.25, -0.2) is 0 Å². The minimum absolute atomic E-state index is 0.148. The Kier molecular flexibility index (Phi) is 4.42. The highest BCUT2D eigenvalue weighted by atomic mass is 16.5. The van der Waals surface area contributed by atoms with Crippen molar-refractivity contribution < 1.29 is 14.6 Å². The Balaban J connectivity index is 2.06. The van der Waals surface area contributed by atoms with E-state index in [1.165, 1.54) is 0 Å². The van der Waals surface area contributed by atoms with Crippen molar-refractivity contribution in [3.63, 3.8) is 0 Å². The van der Waals surface area contributed by atoms with Crippen molar-refractivity contribution in [2.24, 2.45) is 0 Å². The van der Waals surface area contributed by atoms with Gasteiger partial charge in [0.05, 0.1) is 11.7 Å². The van der Waals surface area contributed by atoms with Gasteiger partial charge < -0.3 is 15.2 Å². The van der Waals surface area contributed by atoms with E-state index in [-0.39, 0.29) is 11.7 Å². The molecule has 0 aromatic heterocycles. The quantitative estimate of drug-likeness (QED) is 0.818. The van der Waals surface area contributed by atoms with E-state index in [1.54, 1.807) is 0 Å². The number of ether oxygens (including phenoxy) is 1. The summed E-state index contributed by atoms with van der Waals surface area (Å²) in [6.07, 6.45) is 2.56. The third-order valence-corrected chi connectivity index (χ3v) is 4.53. The predicted octanol–water partition coefficient (Wildman–Crippen LogP) is 1.47. The van der Waals surface area contributed by atoms with Gasteiger partial charge in [-0.15, -0.1) is 0 Å². The molecule has 1 saturated heterocycles. The lowest BCUT2D eigenvalue weighted by atomic mass is 9.96. The van der Waals surface area contributed by atoms with E-state index in [0.29, 0.717) is 25.4 Å². The molecule has 5 nitrogen and oxygen atoms in total. The van der Waals surface area contributed by atoms with Crippen LogP contribution in [0.4, 0.5) is 0 Å². The summed E-state index contributed by atoms with van der Waals surface area (Å²) in [6, 6.07) is 0.343. The second kappa shape index (κ2) is 5.62. The van der Waals surface area contributed by atoms with E-state index < -0.39 is 11.5 Å². The van der Waals surface area contributed by atoms with Crippen LogP contribution in [0.2, 0.25) is 0 Å². The summed E-state index contributed by atoms with van der Waals surface area (Å²) in [5.41, 5.74) is -0.880. The van der Waals surface area contributed by atoms with Gasteiger partial charge in [-0.2, -0.15) is 0 Å². The first-order valence-electron chi connectivity index (χ1n) is 7.68. The number of morpholine rings is 1. The van der Waals surface area contributed by atoms with Gasteiger partial charge in [-0.1, -0.05) is 6.92 Å². The van der Waals surface area contributed by atoms with Crippen LogP contribution in [0.15, 0.2) is 0 Å². The SMILES string of the molecule is CCNC1(C(=O)O)CCC(N2CC(C)OC(C)(C)C2)C1. The summed E-state index contributed by atoms with van der Waals surface area (Å²) in [7, 11) is 0. The van der Waals surface area contributed by atoms with Gasteiger partial charge in [-0.3, -0.25) is 9.69 Å². The zero-order valence-electron chi connectivity index (χ0n) is 13.1. The first-order chi connectivity index (χ1) is 9.28. The molecule has 0 bridgehead atoms. The standard InChI is InChI=1S/C15H28N2O3/c1-5-16-15(13(18)19)7-6-12(8-15)17-9-11(2)20-14(3,4)10-17/h11-12,16H,5-10H2,1-4H3,(H,18,19). The number of carbonyl (C=O) groups is 1. The van der Waals surface area contributed by atoms with Crippen LogP contribution < -0.4 is 5.32 Å². The van der Waals surface area contributed by atoms with Crippen molar-refractivity contribution in [2.45, 2.75) is 70.2 Å². The molecule has 0 radical (unpaired) electrons. The molecule has 2 N–H and O–H groups in total. The Morgan fingerprint density at radius 3 is 2.75 bits per heavy atom. The molecule has 1 saturated carbocycles. The highest BCUT2D eigenvalue weighted by molar-refractivity contribution is 5.79. The molecular formula is C15H28N2O3. The van der Waals surface area contributed by atoms with Crippen molar-refractivity contribution in [3.05, 3.63) is 0 Å². The topological polar surface area (TPSA) is 61.8 Å². The number of rotatable bonds is 4. The minimum Gasteiger partial charge on any atom is -0.480 e. The fourth-order valence-corrected chi connectivity index (χ4v) is 3.88. The molecule has 3 unspecified atom stereocenters. The molecule has 2 rings (SSSR count). The number of carboxylic acid groups (broad SMARTS) is 1. The van der Waals surface area contributed by atoms with Crippen molar-refractivity contribution in [1.29, 1.82) is 0 Å². The van der Waals surface area contributed by atoms with Crippen LogP contribution in [-0.4, -0.2) is 58.9 Å². The summed E-state index contributed by atoms with van der Waals surface area (Å²) < 4.78 is 5.94. The summed E-state index contributed by atoms with van der Waals surface area (Å²) >= 11 is 0. The van der Waals surface area contributed by atoms with E-state index in [1.807, 2.05) is 6.92 Å². The molecule has 1 aliphatic carbocycles. The smallest absolute Gasteiger partial charge is 0.323 e. The largest absolute Gasteiger partial charge is 0.480 e. The van der Waals surface area contributed by atoms with Crippen molar-refractivity contribution in [3.8, 4) is 0 Å². The van der Waals surface area contributed by atoms with Crippen LogP contribution in [-0.2, 0) is 9.53 Å². The lowest BCUT2D eigenvalue weighted by molar-refractivity contribution is -0.146. The number of aliphatic carboxylic acids is 1. The molecule has 116 valence electrons. The minimum atomic E-state index is -0.731. The molecule has 0 amide bonds. The number of hydrogen-bond acceptors (Lipinski definition) is 4. The molecule has 2 aliphatic rings. The van der Waals surface area contributed by atoms with Gasteiger partial charge in [0, 0.05) is 19.1 Å². The van der Waals surface area contributed by atoms with Gasteiger partial charge in [0.25, 0.3) is 0 Å². The number of hydrogen-bond donors (Lipinski definition) is 2. The van der Waals surface area contributed by atoms with Gasteiger partial charge >= 0.3 is 5.97 Å². The van der Waals surface area contributed by atoms with Crippen LogP contribution >= 0.6 is 0 Å². The van der Waals surface area contributed by atoms with Crippen LogP contribution in [0.1, 0.15) is 47.0 Å². The maximum absolute atomic E-state index is 11.6. The van der Waals surface area contributed by atoms with E-state index in [2.05, 4.69) is 31.0 Å². The molecule has 20 heavy (non-hydrogen) atoms. The zero-order valence-corrected chi connectivity index (χ0v) is 13.1. The second-order valence-electron chi connectivity index (χ2n) is 6.93. The maximum atomic E-state index is 11.6. The third kappa shape index (κ3) is 3.15. The van der Waals surface area contributed by atoms with Crippen LogP contribution in [0, 0.1) is 0 Å². The average Bonchev–Trinajstić information content (AvgIpc) is 2.72. The maximum Gasteiger partial charge on any atom is 0.323 e. The highest BCUT2D eigenvalue weighted by Crippen LogP contribution is 2.36. The van der Waals surface area contributed by atoms with E-state index >= 15 is 0 Å². The van der Waals surface area contributed by atoms with Crippen molar-refractivity contribution >= 4 is 5.97 Å². The Bertz CT molecular complexity index is 372. The van der Waals surface area contributed by atoms with Crippen molar-refractivity contribution in [2.75, 3.05) is 19.6 Å². The zero-order chi connectivity index (χ0) is 15.0. The fraction of sp³-hybridized carbons (Fsp3) is 0.933. The van der Waals surface area contributed by atoms with Gasteiger partial charge in [0.1, 0.15) is 5.54 Å². The first-order valence-corrected chi connectivity index (χ1v) is 7.68. The van der Waals surface area contributed by atoms with Crippen molar-refractivity contribution in [1.82, 2.24) is 10.2 Å². The van der Waals surface area contributed by atoms with Crippen LogP contribution in [0.25, 0.3) is 0 Å². The monoisotopic (exact) mass is 284 g/mol.